The molecule has 1 fully saturated rings. The summed E-state index contributed by atoms with van der Waals surface area (Å²) in [5.74, 6) is 0.926. The fourth-order valence-electron chi connectivity index (χ4n) is 4.47. The molecule has 1 atom stereocenters. The number of rotatable bonds is 7. The number of nitrogens with zero attached hydrogens (tertiary/aromatic N) is 4. The maximum Gasteiger partial charge on any atom is 0.259 e. The summed E-state index contributed by atoms with van der Waals surface area (Å²) >= 11 is 6.61. The lowest BCUT2D eigenvalue weighted by Gasteiger charge is -2.40. The van der Waals surface area contributed by atoms with E-state index in [1.807, 2.05) is 49.4 Å². The van der Waals surface area contributed by atoms with Crippen LogP contribution in [0.1, 0.15) is 22.9 Å². The largest absolute Gasteiger partial charge is 0.507 e. The zero-order chi connectivity index (χ0) is 23.4. The Hall–Kier alpha value is -2.87. The van der Waals surface area contributed by atoms with Crippen molar-refractivity contribution in [2.45, 2.75) is 19.5 Å². The van der Waals surface area contributed by atoms with Gasteiger partial charge in [-0.2, -0.15) is 0 Å². The van der Waals surface area contributed by atoms with Crippen molar-refractivity contribution < 1.29 is 9.84 Å². The molecular weight excluding hydrogens is 440 g/mol. The molecule has 0 radical (unpaired) electrons. The molecule has 1 saturated heterocycles. The third-order valence-corrected chi connectivity index (χ3v) is 6.51. The normalized spacial score (nSPS) is 15.5. The van der Waals surface area contributed by atoms with Gasteiger partial charge >= 0.3 is 0 Å². The van der Waals surface area contributed by atoms with Crippen molar-refractivity contribution in [1.82, 2.24) is 14.5 Å². The Bertz CT molecular complexity index is 1140. The Kier molecular flexibility index (Phi) is 7.33. The number of halogens is 1. The SMILES string of the molecule is COCCn1c(C)cc(O)c([C@H](c2ccccc2Cl)N2CCN(c3ccccn3)CC2)c1=O. The van der Waals surface area contributed by atoms with Gasteiger partial charge in [0.2, 0.25) is 0 Å². The molecule has 33 heavy (non-hydrogen) atoms. The number of aryl methyl sites for hydroxylation is 1. The van der Waals surface area contributed by atoms with E-state index in [9.17, 15) is 9.90 Å². The molecule has 0 amide bonds. The minimum Gasteiger partial charge on any atom is -0.507 e. The van der Waals surface area contributed by atoms with Crippen LogP contribution in [0.3, 0.4) is 0 Å². The molecule has 3 aromatic rings. The van der Waals surface area contributed by atoms with E-state index >= 15 is 0 Å². The van der Waals surface area contributed by atoms with E-state index < -0.39 is 6.04 Å². The Labute approximate surface area is 198 Å². The Balaban J connectivity index is 1.74. The number of hydrogen-bond donors (Lipinski definition) is 1. The van der Waals surface area contributed by atoms with Gasteiger partial charge in [0.05, 0.1) is 18.2 Å². The van der Waals surface area contributed by atoms with E-state index in [1.54, 1.807) is 23.9 Å². The van der Waals surface area contributed by atoms with Crippen molar-refractivity contribution >= 4 is 17.4 Å². The third kappa shape index (κ3) is 4.90. The Morgan fingerprint density at radius 3 is 2.52 bits per heavy atom. The minimum atomic E-state index is -0.466. The van der Waals surface area contributed by atoms with Crippen LogP contribution in [0.2, 0.25) is 5.02 Å². The van der Waals surface area contributed by atoms with Crippen molar-refractivity contribution in [2.75, 3.05) is 44.8 Å². The van der Waals surface area contributed by atoms with E-state index in [1.165, 1.54) is 0 Å². The number of piperazine rings is 1. The number of aromatic hydroxyl groups is 1. The van der Waals surface area contributed by atoms with Crippen LogP contribution in [0.5, 0.6) is 5.75 Å². The molecule has 1 aromatic carbocycles. The summed E-state index contributed by atoms with van der Waals surface area (Å²) in [5.41, 5.74) is 1.62. The molecule has 8 heteroatoms. The van der Waals surface area contributed by atoms with E-state index in [2.05, 4.69) is 14.8 Å². The average Bonchev–Trinajstić information content (AvgIpc) is 2.83. The second-order valence-electron chi connectivity index (χ2n) is 8.17. The Morgan fingerprint density at radius 1 is 1.12 bits per heavy atom. The van der Waals surface area contributed by atoms with Gasteiger partial charge in [0.25, 0.3) is 5.56 Å². The number of ether oxygens (including phenoxy) is 1. The first-order chi connectivity index (χ1) is 16.0. The second-order valence-corrected chi connectivity index (χ2v) is 8.58. The van der Waals surface area contributed by atoms with Crippen LogP contribution in [0, 0.1) is 6.92 Å². The lowest BCUT2D eigenvalue weighted by atomic mass is 9.96. The number of hydrogen-bond acceptors (Lipinski definition) is 6. The molecule has 1 aliphatic rings. The van der Waals surface area contributed by atoms with Gasteiger partial charge in [-0.1, -0.05) is 35.9 Å². The number of benzene rings is 1. The van der Waals surface area contributed by atoms with Crippen LogP contribution in [0.15, 0.2) is 59.5 Å². The summed E-state index contributed by atoms with van der Waals surface area (Å²) in [4.78, 5) is 22.5. The number of aromatic nitrogens is 2. The van der Waals surface area contributed by atoms with Crippen LogP contribution in [-0.2, 0) is 11.3 Å². The average molecular weight is 469 g/mol. The molecule has 2 aromatic heterocycles. The van der Waals surface area contributed by atoms with Crippen LogP contribution in [-0.4, -0.2) is 59.5 Å². The summed E-state index contributed by atoms with van der Waals surface area (Å²) in [5, 5.41) is 11.5. The van der Waals surface area contributed by atoms with Crippen LogP contribution in [0.25, 0.3) is 0 Å². The highest BCUT2D eigenvalue weighted by Crippen LogP contribution is 2.36. The quantitative estimate of drug-likeness (QED) is 0.572. The van der Waals surface area contributed by atoms with Crippen molar-refractivity contribution in [3.8, 4) is 5.75 Å². The van der Waals surface area contributed by atoms with Crippen LogP contribution < -0.4 is 10.5 Å². The van der Waals surface area contributed by atoms with Crippen molar-refractivity contribution in [1.29, 1.82) is 0 Å². The molecule has 174 valence electrons. The first-order valence-corrected chi connectivity index (χ1v) is 11.5. The summed E-state index contributed by atoms with van der Waals surface area (Å²) in [6, 6.07) is 14.6. The van der Waals surface area contributed by atoms with Gasteiger partial charge in [-0.25, -0.2) is 4.98 Å². The maximum absolute atomic E-state index is 13.6. The van der Waals surface area contributed by atoms with Crippen molar-refractivity contribution in [2.24, 2.45) is 0 Å². The van der Waals surface area contributed by atoms with Crippen LogP contribution >= 0.6 is 11.6 Å². The summed E-state index contributed by atoms with van der Waals surface area (Å²) in [6.07, 6.45) is 1.79. The molecule has 4 rings (SSSR count). The first-order valence-electron chi connectivity index (χ1n) is 11.1. The van der Waals surface area contributed by atoms with Gasteiger partial charge in [0.15, 0.2) is 0 Å². The third-order valence-electron chi connectivity index (χ3n) is 6.17. The molecule has 1 N–H and O–H groups in total. The van der Waals surface area contributed by atoms with Gasteiger partial charge in [-0.05, 0) is 36.8 Å². The van der Waals surface area contributed by atoms with E-state index in [4.69, 9.17) is 16.3 Å². The van der Waals surface area contributed by atoms with Crippen LogP contribution in [0.4, 0.5) is 5.82 Å². The smallest absolute Gasteiger partial charge is 0.259 e. The molecule has 0 unspecified atom stereocenters. The predicted octanol–water partition coefficient (Wildman–Crippen LogP) is 3.47. The predicted molar refractivity (Wildman–Crippen MR) is 130 cm³/mol. The fraction of sp³-hybridized carbons (Fsp3) is 0.360. The minimum absolute atomic E-state index is 0.0109. The highest BCUT2D eigenvalue weighted by Gasteiger charge is 2.32. The molecule has 0 bridgehead atoms. The molecule has 7 nitrogen and oxygen atoms in total. The number of anilines is 1. The topological polar surface area (TPSA) is 70.8 Å². The van der Waals surface area contributed by atoms with Gasteiger partial charge in [0, 0.05) is 56.7 Å². The fourth-order valence-corrected chi connectivity index (χ4v) is 4.71. The zero-order valence-corrected chi connectivity index (χ0v) is 19.7. The van der Waals surface area contributed by atoms with Crippen molar-refractivity contribution in [3.05, 3.63) is 86.9 Å². The number of pyridine rings is 2. The standard InChI is InChI=1S/C25H29ClN4O3/c1-18-17-21(31)23(25(32)30(18)15-16-33-2)24(19-7-3-4-8-20(19)26)29-13-11-28(12-14-29)22-9-5-6-10-27-22/h3-10,17,24,31H,11-16H2,1-2H3/t24-/m0/s1. The van der Waals surface area contributed by atoms with Gasteiger partial charge in [0.1, 0.15) is 11.6 Å². The summed E-state index contributed by atoms with van der Waals surface area (Å²) in [6.45, 7) is 5.53. The molecular formula is C25H29ClN4O3. The number of methoxy groups -OCH3 is 1. The molecule has 0 spiro atoms. The summed E-state index contributed by atoms with van der Waals surface area (Å²) in [7, 11) is 1.61. The maximum atomic E-state index is 13.6. The highest BCUT2D eigenvalue weighted by molar-refractivity contribution is 6.31. The lowest BCUT2D eigenvalue weighted by molar-refractivity contribution is 0.183. The second kappa shape index (κ2) is 10.4. The van der Waals surface area contributed by atoms with Gasteiger partial charge in [-0.3, -0.25) is 9.69 Å². The monoisotopic (exact) mass is 468 g/mol. The highest BCUT2D eigenvalue weighted by atomic mass is 35.5. The molecule has 3 heterocycles. The van der Waals surface area contributed by atoms with Gasteiger partial charge < -0.3 is 19.3 Å². The van der Waals surface area contributed by atoms with Crippen molar-refractivity contribution in [3.63, 3.8) is 0 Å². The van der Waals surface area contributed by atoms with E-state index in [-0.39, 0.29) is 11.3 Å². The first kappa shape index (κ1) is 23.3. The Morgan fingerprint density at radius 2 is 1.85 bits per heavy atom. The van der Waals surface area contributed by atoms with E-state index in [0.29, 0.717) is 42.5 Å². The molecule has 0 saturated carbocycles. The lowest BCUT2D eigenvalue weighted by Crippen LogP contribution is -2.49. The molecule has 1 aliphatic heterocycles. The molecule has 0 aliphatic carbocycles. The zero-order valence-electron chi connectivity index (χ0n) is 18.9. The summed E-state index contributed by atoms with van der Waals surface area (Å²) < 4.78 is 6.85. The van der Waals surface area contributed by atoms with Gasteiger partial charge in [-0.15, -0.1) is 0 Å². The van der Waals surface area contributed by atoms with E-state index in [0.717, 1.165) is 24.5 Å².